The van der Waals surface area contributed by atoms with Crippen molar-refractivity contribution in [1.82, 2.24) is 0 Å². The van der Waals surface area contributed by atoms with Crippen LogP contribution in [-0.4, -0.2) is 11.4 Å². The van der Waals surface area contributed by atoms with Crippen molar-refractivity contribution in [3.63, 3.8) is 0 Å². The zero-order valence-corrected chi connectivity index (χ0v) is 6.57. The molecule has 0 aliphatic rings. The largest absolute Gasteiger partial charge is 0.425 e. The number of rotatable bonds is 3. The third kappa shape index (κ3) is 1.82. The van der Waals surface area contributed by atoms with Crippen molar-refractivity contribution >= 4 is 12.2 Å². The smallest absolute Gasteiger partial charge is 0.307 e. The van der Waals surface area contributed by atoms with Crippen molar-refractivity contribution in [2.75, 3.05) is 0 Å². The molecule has 0 aliphatic carbocycles. The fourth-order valence-corrected chi connectivity index (χ4v) is 0.800. The zero-order valence-electron chi connectivity index (χ0n) is 6.57. The van der Waals surface area contributed by atoms with Crippen LogP contribution in [0.2, 0.25) is 0 Å². The number of carbonyl (C=O) groups excluding carboxylic acids is 1. The van der Waals surface area contributed by atoms with Crippen LogP contribution in [0.4, 0.5) is 14.5 Å². The minimum atomic E-state index is -1.27. The number of carbonyl (C=O) groups is 1. The van der Waals surface area contributed by atoms with Gasteiger partial charge < -0.3 is 4.74 Å². The maximum absolute atomic E-state index is 12.8. The molecule has 0 saturated heterocycles. The fraction of sp³-hybridized carbons (Fsp3) is 0. The molecular formula is C7H3F2NO4. The Balaban J connectivity index is 3.23. The Hall–Kier alpha value is -2.05. The van der Waals surface area contributed by atoms with Gasteiger partial charge in [-0.2, -0.15) is 4.39 Å². The van der Waals surface area contributed by atoms with Crippen LogP contribution >= 0.6 is 0 Å². The molecule has 0 aromatic heterocycles. The molecule has 0 fully saturated rings. The average Bonchev–Trinajstić information content (AvgIpc) is 2.10. The van der Waals surface area contributed by atoms with Crippen molar-refractivity contribution in [3.8, 4) is 5.75 Å². The minimum absolute atomic E-state index is 0.107. The molecule has 0 amide bonds. The summed E-state index contributed by atoms with van der Waals surface area (Å²) in [7, 11) is 0. The third-order valence-electron chi connectivity index (χ3n) is 1.37. The lowest BCUT2D eigenvalue weighted by molar-refractivity contribution is -0.387. The molecule has 14 heavy (non-hydrogen) atoms. The molecule has 0 saturated carbocycles. The van der Waals surface area contributed by atoms with Crippen LogP contribution in [0.25, 0.3) is 0 Å². The van der Waals surface area contributed by atoms with Crippen LogP contribution in [-0.2, 0) is 4.79 Å². The molecule has 0 radical (unpaired) electrons. The second kappa shape index (κ2) is 3.77. The Morgan fingerprint density at radius 1 is 1.36 bits per heavy atom. The molecule has 0 atom stereocenters. The summed E-state index contributed by atoms with van der Waals surface area (Å²) in [5.74, 6) is -3.14. The minimum Gasteiger partial charge on any atom is -0.425 e. The number of nitro benzene ring substituents is 1. The highest BCUT2D eigenvalue weighted by molar-refractivity contribution is 5.48. The first-order valence-electron chi connectivity index (χ1n) is 3.30. The monoisotopic (exact) mass is 203 g/mol. The Labute approximate surface area is 76.1 Å². The number of nitro groups is 1. The molecule has 0 aliphatic heterocycles. The van der Waals surface area contributed by atoms with E-state index in [-0.39, 0.29) is 6.47 Å². The lowest BCUT2D eigenvalue weighted by Crippen LogP contribution is -1.98. The summed E-state index contributed by atoms with van der Waals surface area (Å²) in [5.41, 5.74) is -1.01. The average molecular weight is 203 g/mol. The summed E-state index contributed by atoms with van der Waals surface area (Å²) in [5, 5.41) is 10.1. The topological polar surface area (TPSA) is 69.4 Å². The van der Waals surface area contributed by atoms with E-state index in [1.807, 2.05) is 0 Å². The molecule has 0 spiro atoms. The lowest BCUT2D eigenvalue weighted by Gasteiger charge is -1.99. The van der Waals surface area contributed by atoms with Gasteiger partial charge >= 0.3 is 5.69 Å². The van der Waals surface area contributed by atoms with Gasteiger partial charge in [0, 0.05) is 6.07 Å². The van der Waals surface area contributed by atoms with E-state index in [0.717, 1.165) is 0 Å². The normalized spacial score (nSPS) is 9.57. The Kier molecular flexibility index (Phi) is 2.70. The molecule has 1 rings (SSSR count). The summed E-state index contributed by atoms with van der Waals surface area (Å²) in [6.45, 7) is -0.107. The summed E-state index contributed by atoms with van der Waals surface area (Å²) < 4.78 is 29.7. The highest BCUT2D eigenvalue weighted by atomic mass is 19.1. The van der Waals surface area contributed by atoms with E-state index in [1.165, 1.54) is 0 Å². The number of nitrogens with zero attached hydrogens (tertiary/aromatic N) is 1. The molecule has 1 aromatic rings. The van der Waals surface area contributed by atoms with Crippen LogP contribution in [0.3, 0.4) is 0 Å². The summed E-state index contributed by atoms with van der Waals surface area (Å²) in [4.78, 5) is 18.9. The van der Waals surface area contributed by atoms with E-state index in [9.17, 15) is 23.7 Å². The first-order valence-corrected chi connectivity index (χ1v) is 3.30. The molecule has 74 valence electrons. The van der Waals surface area contributed by atoms with Crippen LogP contribution in [0, 0.1) is 21.7 Å². The number of benzene rings is 1. The van der Waals surface area contributed by atoms with E-state index in [2.05, 4.69) is 4.74 Å². The second-order valence-corrected chi connectivity index (χ2v) is 2.21. The quantitative estimate of drug-likeness (QED) is 0.423. The van der Waals surface area contributed by atoms with Crippen molar-refractivity contribution in [2.45, 2.75) is 0 Å². The predicted molar refractivity (Wildman–Crippen MR) is 39.7 cm³/mol. The van der Waals surface area contributed by atoms with Gasteiger partial charge in [-0.1, -0.05) is 0 Å². The molecule has 7 heteroatoms. The summed E-state index contributed by atoms with van der Waals surface area (Å²) in [6.07, 6.45) is 0. The Bertz CT molecular complexity index is 394. The number of hydrogen-bond donors (Lipinski definition) is 0. The Morgan fingerprint density at radius 3 is 2.50 bits per heavy atom. The first kappa shape index (κ1) is 10.0. The van der Waals surface area contributed by atoms with E-state index in [0.29, 0.717) is 12.1 Å². The summed E-state index contributed by atoms with van der Waals surface area (Å²) >= 11 is 0. The molecule has 5 nitrogen and oxygen atoms in total. The first-order chi connectivity index (χ1) is 6.56. The van der Waals surface area contributed by atoms with Crippen molar-refractivity contribution in [1.29, 1.82) is 0 Å². The predicted octanol–water partition coefficient (Wildman–Crippen LogP) is 1.41. The van der Waals surface area contributed by atoms with E-state index >= 15 is 0 Å². The van der Waals surface area contributed by atoms with Crippen LogP contribution < -0.4 is 4.74 Å². The Morgan fingerprint density at radius 2 is 2.00 bits per heavy atom. The SMILES string of the molecule is O=COc1cc(F)c([N+](=O)[O-])cc1F. The molecule has 0 N–H and O–H groups in total. The molecule has 1 aromatic carbocycles. The van der Waals surface area contributed by atoms with Gasteiger partial charge in [-0.3, -0.25) is 14.9 Å². The second-order valence-electron chi connectivity index (χ2n) is 2.21. The molecular weight excluding hydrogens is 200 g/mol. The summed E-state index contributed by atoms with van der Waals surface area (Å²) in [6, 6.07) is 0.774. The van der Waals surface area contributed by atoms with E-state index in [1.54, 1.807) is 0 Å². The van der Waals surface area contributed by atoms with Crippen molar-refractivity contribution in [3.05, 3.63) is 33.9 Å². The van der Waals surface area contributed by atoms with Crippen LogP contribution in [0.1, 0.15) is 0 Å². The molecule has 0 heterocycles. The fourth-order valence-electron chi connectivity index (χ4n) is 0.800. The number of halogens is 2. The molecule has 0 unspecified atom stereocenters. The van der Waals surface area contributed by atoms with Gasteiger partial charge in [0.1, 0.15) is 0 Å². The van der Waals surface area contributed by atoms with Gasteiger partial charge in [-0.25, -0.2) is 4.39 Å². The molecule has 0 bridgehead atoms. The lowest BCUT2D eigenvalue weighted by atomic mass is 10.3. The van der Waals surface area contributed by atoms with Gasteiger partial charge in [0.05, 0.1) is 11.0 Å². The van der Waals surface area contributed by atoms with Gasteiger partial charge in [0.25, 0.3) is 6.47 Å². The maximum atomic E-state index is 12.8. The van der Waals surface area contributed by atoms with Gasteiger partial charge in [0.15, 0.2) is 11.6 Å². The van der Waals surface area contributed by atoms with Crippen LogP contribution in [0.5, 0.6) is 5.75 Å². The van der Waals surface area contributed by atoms with Crippen molar-refractivity contribution < 1.29 is 23.2 Å². The van der Waals surface area contributed by atoms with Crippen molar-refractivity contribution in [2.24, 2.45) is 0 Å². The van der Waals surface area contributed by atoms with E-state index in [4.69, 9.17) is 0 Å². The zero-order chi connectivity index (χ0) is 10.7. The van der Waals surface area contributed by atoms with Gasteiger partial charge in [0.2, 0.25) is 5.82 Å². The maximum Gasteiger partial charge on any atom is 0.307 e. The highest BCUT2D eigenvalue weighted by Crippen LogP contribution is 2.25. The number of ether oxygens (including phenoxy) is 1. The standard InChI is InChI=1S/C7H3F2NO4/c8-4-2-7(14-3-11)5(9)1-6(4)10(12)13/h1-3H. The van der Waals surface area contributed by atoms with Gasteiger partial charge in [-0.05, 0) is 0 Å². The highest BCUT2D eigenvalue weighted by Gasteiger charge is 2.19. The van der Waals surface area contributed by atoms with E-state index < -0.39 is 28.0 Å². The number of hydrogen-bond acceptors (Lipinski definition) is 4. The van der Waals surface area contributed by atoms with Gasteiger partial charge in [-0.15, -0.1) is 0 Å². The van der Waals surface area contributed by atoms with Crippen LogP contribution in [0.15, 0.2) is 12.1 Å². The third-order valence-corrected chi connectivity index (χ3v) is 1.37.